The second kappa shape index (κ2) is 9.75. The Morgan fingerprint density at radius 1 is 0.906 bits per heavy atom. The number of carbonyl (C=O) groups is 2. The lowest BCUT2D eigenvalue weighted by atomic mass is 10.1. The Kier molecular flexibility index (Phi) is 7.06. The number of nitrogens with zero attached hydrogens (tertiary/aromatic N) is 1. The van der Waals surface area contributed by atoms with Crippen LogP contribution in [0, 0.1) is 6.92 Å². The van der Waals surface area contributed by atoms with Gasteiger partial charge in [-0.05, 0) is 56.5 Å². The molecule has 3 aromatic rings. The van der Waals surface area contributed by atoms with Crippen molar-refractivity contribution in [3.8, 4) is 0 Å². The fourth-order valence-corrected chi connectivity index (χ4v) is 4.53. The maximum Gasteiger partial charge on any atom is 0.274 e. The summed E-state index contributed by atoms with van der Waals surface area (Å²) in [7, 11) is -3.89. The lowest BCUT2D eigenvalue weighted by Gasteiger charge is -2.13. The number of aryl methyl sites for hydroxylation is 1. The van der Waals surface area contributed by atoms with E-state index in [1.807, 2.05) is 6.92 Å². The first-order valence-corrected chi connectivity index (χ1v) is 11.9. The number of anilines is 2. The molecular formula is C22H22N4O4S2. The minimum atomic E-state index is -3.89. The van der Waals surface area contributed by atoms with Crippen LogP contribution >= 0.6 is 11.3 Å². The zero-order valence-electron chi connectivity index (χ0n) is 17.7. The molecule has 0 atom stereocenters. The van der Waals surface area contributed by atoms with Crippen LogP contribution in [0.5, 0.6) is 0 Å². The van der Waals surface area contributed by atoms with Gasteiger partial charge >= 0.3 is 0 Å². The molecule has 0 radical (unpaired) electrons. The van der Waals surface area contributed by atoms with E-state index in [1.54, 1.807) is 49.6 Å². The molecule has 8 nitrogen and oxygen atoms in total. The molecule has 3 rings (SSSR count). The van der Waals surface area contributed by atoms with Crippen molar-refractivity contribution < 1.29 is 18.0 Å². The van der Waals surface area contributed by atoms with Crippen LogP contribution < -0.4 is 15.5 Å². The number of hydrazone groups is 1. The van der Waals surface area contributed by atoms with Gasteiger partial charge in [-0.25, -0.2) is 13.8 Å². The highest BCUT2D eigenvalue weighted by molar-refractivity contribution is 7.92. The molecule has 1 aromatic heterocycles. The molecule has 0 aliphatic rings. The van der Waals surface area contributed by atoms with Crippen molar-refractivity contribution in [3.05, 3.63) is 76.7 Å². The second-order valence-corrected chi connectivity index (χ2v) is 9.68. The molecular weight excluding hydrogens is 448 g/mol. The van der Waals surface area contributed by atoms with Crippen LogP contribution in [0.1, 0.15) is 40.1 Å². The number of benzene rings is 2. The van der Waals surface area contributed by atoms with Gasteiger partial charge in [0.1, 0.15) is 5.00 Å². The second-order valence-electron chi connectivity index (χ2n) is 7.08. The van der Waals surface area contributed by atoms with E-state index in [2.05, 4.69) is 20.6 Å². The molecule has 32 heavy (non-hydrogen) atoms. The average molecular weight is 471 g/mol. The van der Waals surface area contributed by atoms with Gasteiger partial charge in [0.05, 0.1) is 21.7 Å². The van der Waals surface area contributed by atoms with E-state index in [4.69, 9.17) is 0 Å². The maximum absolute atomic E-state index is 12.9. The number of hydrogen-bond acceptors (Lipinski definition) is 6. The predicted octanol–water partition coefficient (Wildman–Crippen LogP) is 4.24. The number of amides is 2. The van der Waals surface area contributed by atoms with E-state index in [0.29, 0.717) is 10.7 Å². The van der Waals surface area contributed by atoms with Crippen LogP contribution in [0.4, 0.5) is 10.7 Å². The molecule has 0 aliphatic heterocycles. The van der Waals surface area contributed by atoms with Gasteiger partial charge in [-0.3, -0.25) is 14.3 Å². The molecule has 3 N–H and O–H groups in total. The van der Waals surface area contributed by atoms with Crippen LogP contribution in [-0.2, 0) is 10.0 Å². The third kappa shape index (κ3) is 5.59. The lowest BCUT2D eigenvalue weighted by molar-refractivity contribution is 0.0956. The van der Waals surface area contributed by atoms with E-state index in [9.17, 15) is 18.0 Å². The molecule has 0 aliphatic carbocycles. The summed E-state index contributed by atoms with van der Waals surface area (Å²) >= 11 is 1.17. The summed E-state index contributed by atoms with van der Waals surface area (Å²) in [4.78, 5) is 25.4. The average Bonchev–Trinajstić information content (AvgIpc) is 3.20. The highest BCUT2D eigenvalue weighted by Crippen LogP contribution is 2.26. The van der Waals surface area contributed by atoms with E-state index in [0.717, 1.165) is 5.56 Å². The largest absolute Gasteiger partial charge is 0.313 e. The molecule has 2 amide bonds. The number of carbonyl (C=O) groups excluding carboxylic acids is 2. The van der Waals surface area contributed by atoms with E-state index >= 15 is 0 Å². The standard InChI is InChI=1S/C22H22N4O4S2/c1-14(2)24-25-21(28)18-12-13-31-22(18)23-20(27)17-6-4-5-7-19(17)26-32(29,30)16-10-8-15(3)9-11-16/h4-13,26H,1-3H3,(H,23,27)(H,25,28). The number of thiophene rings is 1. The van der Waals surface area contributed by atoms with Crippen LogP contribution in [0.3, 0.4) is 0 Å². The van der Waals surface area contributed by atoms with Gasteiger partial charge in [-0.1, -0.05) is 29.8 Å². The summed E-state index contributed by atoms with van der Waals surface area (Å²) in [6, 6.07) is 14.2. The number of para-hydroxylation sites is 1. The number of sulfonamides is 1. The normalized spacial score (nSPS) is 10.8. The number of nitrogens with one attached hydrogen (secondary N) is 3. The molecule has 0 unspecified atom stereocenters. The first-order chi connectivity index (χ1) is 15.2. The molecule has 2 aromatic carbocycles. The van der Waals surface area contributed by atoms with E-state index in [1.165, 1.54) is 35.6 Å². The number of rotatable bonds is 7. The topological polar surface area (TPSA) is 117 Å². The van der Waals surface area contributed by atoms with Gasteiger partial charge in [0.25, 0.3) is 21.8 Å². The molecule has 166 valence electrons. The summed E-state index contributed by atoms with van der Waals surface area (Å²) < 4.78 is 28.0. The lowest BCUT2D eigenvalue weighted by Crippen LogP contribution is -2.21. The van der Waals surface area contributed by atoms with Gasteiger partial charge in [-0.2, -0.15) is 5.10 Å². The SMILES string of the molecule is CC(C)=NNC(=O)c1ccsc1NC(=O)c1ccccc1NS(=O)(=O)c1ccc(C)cc1. The van der Waals surface area contributed by atoms with Crippen molar-refractivity contribution in [3.63, 3.8) is 0 Å². The summed E-state index contributed by atoms with van der Waals surface area (Å²) in [6.07, 6.45) is 0. The first kappa shape index (κ1) is 23.2. The van der Waals surface area contributed by atoms with Crippen molar-refractivity contribution in [2.75, 3.05) is 10.0 Å². The Bertz CT molecular complexity index is 1280. The molecule has 0 saturated heterocycles. The first-order valence-electron chi connectivity index (χ1n) is 9.56. The highest BCUT2D eigenvalue weighted by atomic mass is 32.2. The van der Waals surface area contributed by atoms with Crippen molar-refractivity contribution in [2.45, 2.75) is 25.7 Å². The maximum atomic E-state index is 12.9. The fraction of sp³-hybridized carbons (Fsp3) is 0.136. The van der Waals surface area contributed by atoms with Gasteiger partial charge in [0, 0.05) is 5.71 Å². The molecule has 1 heterocycles. The van der Waals surface area contributed by atoms with Gasteiger partial charge in [-0.15, -0.1) is 11.3 Å². The summed E-state index contributed by atoms with van der Waals surface area (Å²) in [6.45, 7) is 5.34. The zero-order chi connectivity index (χ0) is 23.3. The van der Waals surface area contributed by atoms with E-state index in [-0.39, 0.29) is 21.7 Å². The Hall–Kier alpha value is -3.50. The monoisotopic (exact) mass is 470 g/mol. The Morgan fingerprint density at radius 3 is 2.28 bits per heavy atom. The van der Waals surface area contributed by atoms with Crippen LogP contribution in [0.15, 0.2) is 70.0 Å². The zero-order valence-corrected chi connectivity index (χ0v) is 19.3. The molecule has 0 bridgehead atoms. The van der Waals surface area contributed by atoms with Gasteiger partial charge < -0.3 is 5.32 Å². The fourth-order valence-electron chi connectivity index (χ4n) is 2.67. The van der Waals surface area contributed by atoms with Gasteiger partial charge in [0.2, 0.25) is 0 Å². The summed E-state index contributed by atoms with van der Waals surface area (Å²) in [5.41, 5.74) is 4.52. The summed E-state index contributed by atoms with van der Waals surface area (Å²) in [5.74, 6) is -1.02. The van der Waals surface area contributed by atoms with Crippen molar-refractivity contribution in [2.24, 2.45) is 5.10 Å². The van der Waals surface area contributed by atoms with Gasteiger partial charge in [0.15, 0.2) is 0 Å². The van der Waals surface area contributed by atoms with Crippen molar-refractivity contribution >= 4 is 49.6 Å². The molecule has 10 heteroatoms. The van der Waals surface area contributed by atoms with Crippen LogP contribution in [0.2, 0.25) is 0 Å². The third-order valence-corrected chi connectivity index (χ3v) is 6.48. The quantitative estimate of drug-likeness (QED) is 0.354. The Balaban J connectivity index is 1.83. The van der Waals surface area contributed by atoms with E-state index < -0.39 is 21.8 Å². The van der Waals surface area contributed by atoms with Crippen molar-refractivity contribution in [1.82, 2.24) is 5.43 Å². The Labute approximate surface area is 190 Å². The highest BCUT2D eigenvalue weighted by Gasteiger charge is 2.21. The number of hydrogen-bond donors (Lipinski definition) is 3. The summed E-state index contributed by atoms with van der Waals surface area (Å²) in [5, 5.41) is 8.56. The van der Waals surface area contributed by atoms with Crippen molar-refractivity contribution in [1.29, 1.82) is 0 Å². The Morgan fingerprint density at radius 2 is 1.59 bits per heavy atom. The van der Waals surface area contributed by atoms with Crippen LogP contribution in [-0.4, -0.2) is 25.9 Å². The smallest absolute Gasteiger partial charge is 0.274 e. The van der Waals surface area contributed by atoms with Crippen LogP contribution in [0.25, 0.3) is 0 Å². The minimum Gasteiger partial charge on any atom is -0.313 e. The predicted molar refractivity (Wildman–Crippen MR) is 127 cm³/mol. The molecule has 0 saturated carbocycles. The molecule has 0 fully saturated rings. The third-order valence-electron chi connectivity index (χ3n) is 4.27. The minimum absolute atomic E-state index is 0.0855. The molecule has 0 spiro atoms.